The van der Waals surface area contributed by atoms with Crippen molar-refractivity contribution in [1.29, 1.82) is 0 Å². The van der Waals surface area contributed by atoms with Crippen molar-refractivity contribution >= 4 is 17.8 Å². The smallest absolute Gasteiger partial charge is 0.416 e. The number of hydrogen-bond donors (Lipinski definition) is 1. The first kappa shape index (κ1) is 26.7. The second kappa shape index (κ2) is 11.1. The molecule has 1 saturated carbocycles. The van der Waals surface area contributed by atoms with Crippen LogP contribution in [0.5, 0.6) is 0 Å². The SMILES string of the molecule is CC.CC(C)(C)OC(=O)NC1CCC(C(=O)N2CCN(c3cc(C(F)(F)F)ccn3)CC2)C1. The number of pyridine rings is 1. The van der Waals surface area contributed by atoms with Crippen molar-refractivity contribution in [3.63, 3.8) is 0 Å². The molecule has 3 rings (SSSR count). The van der Waals surface area contributed by atoms with E-state index in [1.807, 2.05) is 13.8 Å². The Morgan fingerprint density at radius 3 is 2.30 bits per heavy atom. The monoisotopic (exact) mass is 472 g/mol. The molecule has 0 aromatic carbocycles. The molecule has 0 spiro atoms. The lowest BCUT2D eigenvalue weighted by atomic mass is 10.1. The first-order valence-corrected chi connectivity index (χ1v) is 11.5. The van der Waals surface area contributed by atoms with Gasteiger partial charge in [-0.15, -0.1) is 0 Å². The van der Waals surface area contributed by atoms with E-state index < -0.39 is 23.4 Å². The van der Waals surface area contributed by atoms with Crippen molar-refractivity contribution in [3.8, 4) is 0 Å². The van der Waals surface area contributed by atoms with Crippen molar-refractivity contribution < 1.29 is 27.5 Å². The number of rotatable bonds is 3. The van der Waals surface area contributed by atoms with E-state index in [1.165, 1.54) is 0 Å². The van der Waals surface area contributed by atoms with Gasteiger partial charge in [-0.1, -0.05) is 13.8 Å². The molecule has 186 valence electrons. The van der Waals surface area contributed by atoms with Gasteiger partial charge >= 0.3 is 12.3 Å². The van der Waals surface area contributed by atoms with Gasteiger partial charge in [0.2, 0.25) is 5.91 Å². The number of nitrogens with one attached hydrogen (secondary N) is 1. The molecule has 2 unspecified atom stereocenters. The molecule has 2 amide bonds. The summed E-state index contributed by atoms with van der Waals surface area (Å²) >= 11 is 0. The van der Waals surface area contributed by atoms with Crippen LogP contribution in [0.25, 0.3) is 0 Å². The molecular weight excluding hydrogens is 437 g/mol. The molecule has 0 radical (unpaired) electrons. The van der Waals surface area contributed by atoms with E-state index in [-0.39, 0.29) is 23.7 Å². The highest BCUT2D eigenvalue weighted by Gasteiger charge is 2.36. The first-order chi connectivity index (χ1) is 15.4. The molecule has 1 aromatic rings. The van der Waals surface area contributed by atoms with Crippen LogP contribution in [-0.4, -0.2) is 59.7 Å². The number of ether oxygens (including phenoxy) is 1. The van der Waals surface area contributed by atoms with Crippen LogP contribution in [0, 0.1) is 5.92 Å². The zero-order valence-corrected chi connectivity index (χ0v) is 20.0. The van der Waals surface area contributed by atoms with E-state index in [4.69, 9.17) is 4.74 Å². The highest BCUT2D eigenvalue weighted by Crippen LogP contribution is 2.31. The van der Waals surface area contributed by atoms with Crippen LogP contribution in [0.1, 0.15) is 59.4 Å². The second-order valence-corrected chi connectivity index (χ2v) is 9.07. The van der Waals surface area contributed by atoms with E-state index in [0.29, 0.717) is 45.4 Å². The van der Waals surface area contributed by atoms with Gasteiger partial charge < -0.3 is 19.9 Å². The fourth-order valence-electron chi connectivity index (χ4n) is 3.99. The molecule has 2 heterocycles. The van der Waals surface area contributed by atoms with Crippen LogP contribution < -0.4 is 10.2 Å². The maximum atomic E-state index is 12.9. The zero-order chi connectivity index (χ0) is 24.8. The number of amides is 2. The molecule has 0 bridgehead atoms. The topological polar surface area (TPSA) is 74.8 Å². The van der Waals surface area contributed by atoms with Gasteiger partial charge in [0.15, 0.2) is 0 Å². The van der Waals surface area contributed by atoms with Crippen molar-refractivity contribution in [1.82, 2.24) is 15.2 Å². The third kappa shape index (κ3) is 7.78. The number of anilines is 1. The Morgan fingerprint density at radius 1 is 1.09 bits per heavy atom. The highest BCUT2D eigenvalue weighted by molar-refractivity contribution is 5.79. The standard InChI is InChI=1S/C21H29F3N4O3.C2H6/c1-20(2,3)31-19(30)26-16-5-4-14(12-16)18(29)28-10-8-27(9-11-28)17-13-15(6-7-25-17)21(22,23)24;1-2/h6-7,13-14,16H,4-5,8-12H2,1-3H3,(H,26,30);1-2H3. The van der Waals surface area contributed by atoms with Crippen molar-refractivity contribution in [3.05, 3.63) is 23.9 Å². The summed E-state index contributed by atoms with van der Waals surface area (Å²) in [7, 11) is 0. The summed E-state index contributed by atoms with van der Waals surface area (Å²) in [4.78, 5) is 32.4. The van der Waals surface area contributed by atoms with Crippen molar-refractivity contribution in [2.24, 2.45) is 5.92 Å². The number of carbonyl (C=O) groups excluding carboxylic acids is 2. The number of piperazine rings is 1. The Hall–Kier alpha value is -2.52. The Kier molecular flexibility index (Phi) is 8.97. The summed E-state index contributed by atoms with van der Waals surface area (Å²) in [5.74, 6) is 0.132. The lowest BCUT2D eigenvalue weighted by Gasteiger charge is -2.36. The molecule has 1 saturated heterocycles. The summed E-state index contributed by atoms with van der Waals surface area (Å²) < 4.78 is 44.1. The normalized spacial score (nSPS) is 21.2. The quantitative estimate of drug-likeness (QED) is 0.703. The van der Waals surface area contributed by atoms with Gasteiger partial charge in [-0.25, -0.2) is 9.78 Å². The van der Waals surface area contributed by atoms with Crippen molar-refractivity contribution in [2.75, 3.05) is 31.1 Å². The molecule has 1 aromatic heterocycles. The Labute approximate surface area is 193 Å². The Morgan fingerprint density at radius 2 is 1.73 bits per heavy atom. The van der Waals surface area contributed by atoms with Crippen LogP contribution >= 0.6 is 0 Å². The molecule has 2 fully saturated rings. The average Bonchev–Trinajstić information content (AvgIpc) is 3.21. The van der Waals surface area contributed by atoms with E-state index in [9.17, 15) is 22.8 Å². The van der Waals surface area contributed by atoms with E-state index in [1.54, 1.807) is 30.6 Å². The lowest BCUT2D eigenvalue weighted by Crippen LogP contribution is -2.50. The van der Waals surface area contributed by atoms with Crippen LogP contribution in [0.2, 0.25) is 0 Å². The third-order valence-electron chi connectivity index (χ3n) is 5.49. The average molecular weight is 473 g/mol. The number of alkyl halides is 3. The van der Waals surface area contributed by atoms with Gasteiger partial charge in [0.25, 0.3) is 0 Å². The molecule has 1 N–H and O–H groups in total. The second-order valence-electron chi connectivity index (χ2n) is 9.07. The number of alkyl carbamates (subject to hydrolysis) is 1. The zero-order valence-electron chi connectivity index (χ0n) is 20.0. The van der Waals surface area contributed by atoms with E-state index >= 15 is 0 Å². The summed E-state index contributed by atoms with van der Waals surface area (Å²) in [6, 6.07) is 1.89. The summed E-state index contributed by atoms with van der Waals surface area (Å²) in [5, 5.41) is 2.83. The summed E-state index contributed by atoms with van der Waals surface area (Å²) in [6.07, 6.45) is -1.77. The van der Waals surface area contributed by atoms with Crippen LogP contribution in [-0.2, 0) is 15.7 Å². The molecule has 2 aliphatic rings. The van der Waals surface area contributed by atoms with Crippen LogP contribution in [0.15, 0.2) is 18.3 Å². The van der Waals surface area contributed by atoms with E-state index in [2.05, 4.69) is 10.3 Å². The minimum atomic E-state index is -4.41. The van der Waals surface area contributed by atoms with Crippen LogP contribution in [0.3, 0.4) is 0 Å². The maximum Gasteiger partial charge on any atom is 0.416 e. The lowest BCUT2D eigenvalue weighted by molar-refractivity contribution is -0.137. The molecule has 1 aliphatic carbocycles. The van der Waals surface area contributed by atoms with Gasteiger partial charge in [-0.05, 0) is 52.2 Å². The molecule has 10 heteroatoms. The summed E-state index contributed by atoms with van der Waals surface area (Å²) in [5.41, 5.74) is -1.31. The minimum Gasteiger partial charge on any atom is -0.444 e. The predicted molar refractivity (Wildman–Crippen MR) is 120 cm³/mol. The van der Waals surface area contributed by atoms with Gasteiger partial charge in [0.1, 0.15) is 11.4 Å². The largest absolute Gasteiger partial charge is 0.444 e. The van der Waals surface area contributed by atoms with Crippen molar-refractivity contribution in [2.45, 2.75) is 71.7 Å². The van der Waals surface area contributed by atoms with Gasteiger partial charge in [-0.3, -0.25) is 4.79 Å². The van der Waals surface area contributed by atoms with Gasteiger partial charge in [-0.2, -0.15) is 13.2 Å². The minimum absolute atomic E-state index is 0.0325. The predicted octanol–water partition coefficient (Wildman–Crippen LogP) is 4.47. The number of carbonyl (C=O) groups is 2. The van der Waals surface area contributed by atoms with Crippen LogP contribution in [0.4, 0.5) is 23.8 Å². The number of nitrogens with zero attached hydrogens (tertiary/aromatic N) is 3. The fourth-order valence-corrected chi connectivity index (χ4v) is 3.99. The third-order valence-corrected chi connectivity index (χ3v) is 5.49. The van der Waals surface area contributed by atoms with Gasteiger partial charge in [0, 0.05) is 44.3 Å². The van der Waals surface area contributed by atoms with Gasteiger partial charge in [0.05, 0.1) is 5.56 Å². The number of hydrogen-bond acceptors (Lipinski definition) is 5. The molecule has 2 atom stereocenters. The highest BCUT2D eigenvalue weighted by atomic mass is 19.4. The molecule has 1 aliphatic heterocycles. The first-order valence-electron chi connectivity index (χ1n) is 11.5. The molecule has 7 nitrogen and oxygen atoms in total. The molecular formula is C23H35F3N4O3. The number of aromatic nitrogens is 1. The molecule has 33 heavy (non-hydrogen) atoms. The maximum absolute atomic E-state index is 12.9. The Bertz CT molecular complexity index is 803. The summed E-state index contributed by atoms with van der Waals surface area (Å²) in [6.45, 7) is 11.1. The van der Waals surface area contributed by atoms with E-state index in [0.717, 1.165) is 18.3 Å². The fraction of sp³-hybridized carbons (Fsp3) is 0.696. The Balaban J connectivity index is 0.00000187. The number of halogens is 3.